The maximum absolute atomic E-state index is 13.9. The smallest absolute Gasteiger partial charge is 0.338 e. The lowest BCUT2D eigenvalue weighted by atomic mass is 9.96. The Morgan fingerprint density at radius 1 is 1.12 bits per heavy atom. The molecule has 0 aliphatic carbocycles. The maximum Gasteiger partial charge on any atom is 0.338 e. The normalized spacial score (nSPS) is 15.0. The van der Waals surface area contributed by atoms with Crippen LogP contribution in [0.15, 0.2) is 92.3 Å². The number of fused-ring (bicyclic) bond motifs is 1. The highest BCUT2D eigenvalue weighted by Crippen LogP contribution is 2.31. The average Bonchev–Trinajstić information content (AvgIpc) is 3.23. The van der Waals surface area contributed by atoms with E-state index in [1.165, 1.54) is 11.3 Å². The van der Waals surface area contributed by atoms with Gasteiger partial charge in [-0.2, -0.15) is 0 Å². The zero-order valence-electron chi connectivity index (χ0n) is 21.5. The quantitative estimate of drug-likeness (QED) is 0.214. The van der Waals surface area contributed by atoms with Gasteiger partial charge >= 0.3 is 5.97 Å². The number of benzene rings is 3. The van der Waals surface area contributed by atoms with E-state index in [1.807, 2.05) is 54.6 Å². The number of ether oxygens (including phenoxy) is 2. The summed E-state index contributed by atoms with van der Waals surface area (Å²) in [6.45, 7) is 3.95. The summed E-state index contributed by atoms with van der Waals surface area (Å²) in [7, 11) is 0. The van der Waals surface area contributed by atoms with Crippen molar-refractivity contribution in [3.8, 4) is 5.75 Å². The number of carbonyl (C=O) groups is 1. The van der Waals surface area contributed by atoms with Gasteiger partial charge in [0.15, 0.2) is 4.80 Å². The number of thiazole rings is 1. The number of carbonyl (C=O) groups excluding carboxylic acids is 1. The van der Waals surface area contributed by atoms with Crippen LogP contribution in [0.2, 0.25) is 10.0 Å². The van der Waals surface area contributed by atoms with Crippen LogP contribution >= 0.6 is 50.5 Å². The fraction of sp³-hybridized carbons (Fsp3) is 0.167. The fourth-order valence-corrected chi connectivity index (χ4v) is 6.32. The van der Waals surface area contributed by atoms with E-state index in [1.54, 1.807) is 36.6 Å². The first-order valence-corrected chi connectivity index (χ1v) is 14.7. The van der Waals surface area contributed by atoms with Gasteiger partial charge in [-0.1, -0.05) is 86.9 Å². The van der Waals surface area contributed by atoms with Gasteiger partial charge in [0.05, 0.1) is 28.5 Å². The Balaban J connectivity index is 1.60. The van der Waals surface area contributed by atoms with Crippen LogP contribution in [0.5, 0.6) is 5.75 Å². The zero-order valence-corrected chi connectivity index (χ0v) is 25.4. The van der Waals surface area contributed by atoms with Gasteiger partial charge in [-0.05, 0) is 55.8 Å². The van der Waals surface area contributed by atoms with Crippen molar-refractivity contribution in [2.75, 3.05) is 6.61 Å². The second-order valence-electron chi connectivity index (χ2n) is 8.92. The molecule has 0 N–H and O–H groups in total. The zero-order chi connectivity index (χ0) is 28.4. The van der Waals surface area contributed by atoms with Crippen LogP contribution in [-0.4, -0.2) is 17.1 Å². The standard InChI is InChI=1S/C30H23BrCl2N2O4S/c1-3-38-29(37)26-17(2)34-30-35(27(26)18-7-5-4-6-8-18)28(36)25(40-30)14-20-13-21(31)10-12-24(20)39-16-19-9-11-22(32)15-23(19)33/h4-15,27H,3,16H2,1-2H3/b25-14+/t27-/m1/s1. The Hall–Kier alpha value is -3.17. The Morgan fingerprint density at radius 2 is 1.90 bits per heavy atom. The number of halogens is 3. The van der Waals surface area contributed by atoms with Crippen LogP contribution in [-0.2, 0) is 16.1 Å². The molecule has 5 rings (SSSR count). The number of hydrogen-bond acceptors (Lipinski definition) is 6. The molecule has 0 bridgehead atoms. The molecule has 1 aliphatic rings. The molecule has 10 heteroatoms. The first-order valence-electron chi connectivity index (χ1n) is 12.4. The van der Waals surface area contributed by atoms with Crippen molar-refractivity contribution < 1.29 is 14.3 Å². The van der Waals surface area contributed by atoms with E-state index in [4.69, 9.17) is 32.7 Å². The van der Waals surface area contributed by atoms with E-state index in [0.29, 0.717) is 42.0 Å². The highest BCUT2D eigenvalue weighted by atomic mass is 79.9. The molecule has 0 saturated carbocycles. The Morgan fingerprint density at radius 3 is 2.62 bits per heavy atom. The van der Waals surface area contributed by atoms with E-state index in [-0.39, 0.29) is 18.8 Å². The minimum atomic E-state index is -0.663. The maximum atomic E-state index is 13.9. The third-order valence-corrected chi connectivity index (χ3v) is 8.35. The van der Waals surface area contributed by atoms with Crippen LogP contribution in [0.3, 0.4) is 0 Å². The molecule has 204 valence electrons. The number of nitrogens with zero attached hydrogens (tertiary/aromatic N) is 2. The summed E-state index contributed by atoms with van der Waals surface area (Å²) in [5, 5.41) is 1.05. The van der Waals surface area contributed by atoms with Gasteiger partial charge in [-0.25, -0.2) is 9.79 Å². The molecule has 1 aromatic heterocycles. The number of aromatic nitrogens is 1. The van der Waals surface area contributed by atoms with Gasteiger partial charge in [0.25, 0.3) is 5.56 Å². The summed E-state index contributed by atoms with van der Waals surface area (Å²) in [6.07, 6.45) is 1.78. The molecule has 3 aromatic carbocycles. The van der Waals surface area contributed by atoms with Crippen molar-refractivity contribution in [1.29, 1.82) is 0 Å². The Kier molecular flexibility index (Phi) is 8.61. The molecule has 4 aromatic rings. The van der Waals surface area contributed by atoms with Crippen LogP contribution in [0.25, 0.3) is 6.08 Å². The summed E-state index contributed by atoms with van der Waals surface area (Å²) >= 11 is 17.1. The van der Waals surface area contributed by atoms with Gasteiger partial charge in [0.1, 0.15) is 12.4 Å². The lowest BCUT2D eigenvalue weighted by Crippen LogP contribution is -2.39. The predicted octanol–water partition coefficient (Wildman–Crippen LogP) is 6.45. The third kappa shape index (κ3) is 5.81. The van der Waals surface area contributed by atoms with E-state index >= 15 is 0 Å². The number of rotatable bonds is 7. The Bertz CT molecular complexity index is 1820. The van der Waals surface area contributed by atoms with Gasteiger partial charge < -0.3 is 9.47 Å². The monoisotopic (exact) mass is 656 g/mol. The van der Waals surface area contributed by atoms with Crippen LogP contribution in [0.1, 0.15) is 36.6 Å². The van der Waals surface area contributed by atoms with Crippen molar-refractivity contribution in [3.63, 3.8) is 0 Å². The van der Waals surface area contributed by atoms with Crippen molar-refractivity contribution in [2.45, 2.75) is 26.5 Å². The fourth-order valence-electron chi connectivity index (χ4n) is 4.44. The molecule has 0 fully saturated rings. The topological polar surface area (TPSA) is 69.9 Å². The molecule has 0 radical (unpaired) electrons. The van der Waals surface area contributed by atoms with Crippen LogP contribution in [0, 0.1) is 0 Å². The first-order chi connectivity index (χ1) is 19.3. The minimum absolute atomic E-state index is 0.217. The summed E-state index contributed by atoms with van der Waals surface area (Å²) in [4.78, 5) is 32.1. The summed E-state index contributed by atoms with van der Waals surface area (Å²) in [6, 6.07) is 19.6. The van der Waals surface area contributed by atoms with Crippen molar-refractivity contribution in [1.82, 2.24) is 4.57 Å². The first kappa shape index (κ1) is 28.4. The predicted molar refractivity (Wildman–Crippen MR) is 162 cm³/mol. The minimum Gasteiger partial charge on any atom is -0.488 e. The molecule has 0 unspecified atom stereocenters. The molecule has 1 atom stereocenters. The largest absolute Gasteiger partial charge is 0.488 e. The molecule has 0 amide bonds. The van der Waals surface area contributed by atoms with E-state index in [9.17, 15) is 9.59 Å². The lowest BCUT2D eigenvalue weighted by molar-refractivity contribution is -0.139. The molecular formula is C30H23BrCl2N2O4S. The molecule has 0 spiro atoms. The summed E-state index contributed by atoms with van der Waals surface area (Å²) < 4.78 is 14.3. The molecular weight excluding hydrogens is 635 g/mol. The van der Waals surface area contributed by atoms with Crippen LogP contribution < -0.4 is 19.6 Å². The van der Waals surface area contributed by atoms with Crippen molar-refractivity contribution >= 4 is 62.5 Å². The summed E-state index contributed by atoms with van der Waals surface area (Å²) in [5.41, 5.74) is 2.87. The number of allylic oxidation sites excluding steroid dienone is 1. The van der Waals surface area contributed by atoms with E-state index in [2.05, 4.69) is 20.9 Å². The second-order valence-corrected chi connectivity index (χ2v) is 11.7. The highest BCUT2D eigenvalue weighted by molar-refractivity contribution is 9.10. The molecule has 40 heavy (non-hydrogen) atoms. The van der Waals surface area contributed by atoms with Crippen LogP contribution in [0.4, 0.5) is 0 Å². The number of esters is 1. The SMILES string of the molecule is CCOC(=O)C1=C(C)N=c2s/c(=C/c3cc(Br)ccc3OCc3ccc(Cl)cc3Cl)c(=O)n2[C@@H]1c1ccccc1. The molecule has 6 nitrogen and oxygen atoms in total. The van der Waals surface area contributed by atoms with Gasteiger partial charge in [-0.3, -0.25) is 9.36 Å². The number of hydrogen-bond donors (Lipinski definition) is 0. The highest BCUT2D eigenvalue weighted by Gasteiger charge is 2.33. The van der Waals surface area contributed by atoms with Gasteiger partial charge in [0.2, 0.25) is 0 Å². The molecule has 0 saturated heterocycles. The second kappa shape index (κ2) is 12.1. The molecule has 2 heterocycles. The average molecular weight is 658 g/mol. The van der Waals surface area contributed by atoms with Crippen molar-refractivity contribution in [2.24, 2.45) is 4.99 Å². The Labute approximate surface area is 252 Å². The van der Waals surface area contributed by atoms with Gasteiger partial charge in [0, 0.05) is 25.6 Å². The molecule has 1 aliphatic heterocycles. The summed E-state index contributed by atoms with van der Waals surface area (Å²) in [5.74, 6) is 0.0819. The van der Waals surface area contributed by atoms with Crippen molar-refractivity contribution in [3.05, 3.63) is 129 Å². The van der Waals surface area contributed by atoms with Gasteiger partial charge in [-0.15, -0.1) is 0 Å². The third-order valence-electron chi connectivity index (χ3n) is 6.29. The lowest BCUT2D eigenvalue weighted by Gasteiger charge is -2.24. The van der Waals surface area contributed by atoms with E-state index in [0.717, 1.165) is 15.6 Å². The van der Waals surface area contributed by atoms with E-state index < -0.39 is 12.0 Å².